The van der Waals surface area contributed by atoms with E-state index < -0.39 is 0 Å². The third-order valence-corrected chi connectivity index (χ3v) is 4.36. The molecule has 2 aromatic heterocycles. The molecule has 0 saturated carbocycles. The van der Waals surface area contributed by atoms with Gasteiger partial charge in [-0.05, 0) is 22.0 Å². The fraction of sp³-hybridized carbons (Fsp3) is 0.273. The van der Waals surface area contributed by atoms with Crippen molar-refractivity contribution in [1.82, 2.24) is 15.1 Å². The Kier molecular flexibility index (Phi) is 3.19. The second-order valence-corrected chi connectivity index (χ2v) is 5.84. The van der Waals surface area contributed by atoms with Crippen LogP contribution in [0.4, 0.5) is 0 Å². The average Bonchev–Trinajstić information content (AvgIpc) is 3.01. The molecule has 98 valence electrons. The van der Waals surface area contributed by atoms with Gasteiger partial charge in [0.05, 0.1) is 4.88 Å². The van der Waals surface area contributed by atoms with E-state index in [1.54, 1.807) is 7.05 Å². The van der Waals surface area contributed by atoms with Crippen LogP contribution >= 0.6 is 27.3 Å². The van der Waals surface area contributed by atoms with E-state index in [1.165, 1.54) is 16.3 Å². The molecular weight excluding hydrogens is 332 g/mol. The number of thiophene rings is 1. The lowest BCUT2D eigenvalue weighted by molar-refractivity contribution is -0.130. The lowest BCUT2D eigenvalue weighted by Crippen LogP contribution is -2.28. The molecule has 0 atom stereocenters. The molecule has 3 rings (SSSR count). The summed E-state index contributed by atoms with van der Waals surface area (Å²) >= 11 is 4.91. The van der Waals surface area contributed by atoms with Crippen LogP contribution < -0.4 is 0 Å². The number of hydrazone groups is 1. The molecule has 0 fully saturated rings. The Morgan fingerprint density at radius 1 is 1.47 bits per heavy atom. The van der Waals surface area contributed by atoms with Crippen molar-refractivity contribution in [1.29, 1.82) is 0 Å². The summed E-state index contributed by atoms with van der Waals surface area (Å²) in [5, 5.41) is 11.3. The summed E-state index contributed by atoms with van der Waals surface area (Å²) in [5.41, 5.74) is 0.650. The smallest absolute Gasteiger partial charge is 0.274 e. The van der Waals surface area contributed by atoms with Crippen LogP contribution in [-0.2, 0) is 4.79 Å². The molecular formula is C11H9BrN4O2S. The molecule has 0 spiro atoms. The molecule has 8 heteroatoms. The van der Waals surface area contributed by atoms with Crippen LogP contribution in [0.2, 0.25) is 0 Å². The van der Waals surface area contributed by atoms with Gasteiger partial charge in [0, 0.05) is 29.7 Å². The Bertz CT molecular complexity index is 663. The Balaban J connectivity index is 1.90. The molecule has 6 nitrogen and oxygen atoms in total. The minimum Gasteiger partial charge on any atom is -0.332 e. The standard InChI is InChI=1S/C11H9BrN4O2S/c1-16-9(17)3-2-7(14-16)11-13-10(15-18-11)8-4-6(12)5-19-8/h4-5H,2-3H2,1H3. The number of hydrogen-bond acceptors (Lipinski definition) is 6. The van der Waals surface area contributed by atoms with Crippen molar-refractivity contribution >= 4 is 38.9 Å². The summed E-state index contributed by atoms with van der Waals surface area (Å²) in [4.78, 5) is 16.6. The summed E-state index contributed by atoms with van der Waals surface area (Å²) in [6, 6.07) is 1.93. The number of aromatic nitrogens is 2. The minimum absolute atomic E-state index is 0.00863. The van der Waals surface area contributed by atoms with Crippen molar-refractivity contribution < 1.29 is 9.32 Å². The molecule has 1 amide bonds. The van der Waals surface area contributed by atoms with Gasteiger partial charge in [0.15, 0.2) is 0 Å². The molecule has 1 aliphatic heterocycles. The first-order chi connectivity index (χ1) is 9.13. The maximum Gasteiger partial charge on any atom is 0.274 e. The van der Waals surface area contributed by atoms with E-state index in [2.05, 4.69) is 31.2 Å². The molecule has 19 heavy (non-hydrogen) atoms. The second kappa shape index (κ2) is 4.86. The van der Waals surface area contributed by atoms with Crippen LogP contribution in [0.25, 0.3) is 10.7 Å². The Morgan fingerprint density at radius 3 is 3.00 bits per heavy atom. The molecule has 1 aliphatic rings. The van der Waals surface area contributed by atoms with Crippen LogP contribution in [0.15, 0.2) is 25.5 Å². The molecule has 2 aromatic rings. The van der Waals surface area contributed by atoms with Crippen LogP contribution in [0.3, 0.4) is 0 Å². The lowest BCUT2D eigenvalue weighted by Gasteiger charge is -2.17. The fourth-order valence-electron chi connectivity index (χ4n) is 1.69. The number of carbonyl (C=O) groups is 1. The van der Waals surface area contributed by atoms with Crippen LogP contribution in [-0.4, -0.2) is 33.8 Å². The largest absolute Gasteiger partial charge is 0.332 e. The first-order valence-corrected chi connectivity index (χ1v) is 7.23. The highest BCUT2D eigenvalue weighted by Gasteiger charge is 2.22. The summed E-state index contributed by atoms with van der Waals surface area (Å²) in [6.45, 7) is 0. The van der Waals surface area contributed by atoms with Gasteiger partial charge in [0.25, 0.3) is 5.89 Å². The van der Waals surface area contributed by atoms with E-state index in [-0.39, 0.29) is 5.91 Å². The first-order valence-electron chi connectivity index (χ1n) is 5.56. The van der Waals surface area contributed by atoms with Crippen LogP contribution in [0.5, 0.6) is 0 Å². The Morgan fingerprint density at radius 2 is 2.32 bits per heavy atom. The van der Waals surface area contributed by atoms with Crippen molar-refractivity contribution in [3.8, 4) is 10.7 Å². The molecule has 0 bridgehead atoms. The summed E-state index contributed by atoms with van der Waals surface area (Å²) in [7, 11) is 1.62. The predicted molar refractivity (Wildman–Crippen MR) is 73.9 cm³/mol. The average molecular weight is 341 g/mol. The van der Waals surface area contributed by atoms with Gasteiger partial charge >= 0.3 is 0 Å². The van der Waals surface area contributed by atoms with E-state index in [9.17, 15) is 4.79 Å². The Hall–Kier alpha value is -1.54. The number of carbonyl (C=O) groups excluding carboxylic acids is 1. The first kappa shape index (κ1) is 12.5. The van der Waals surface area contributed by atoms with Crippen LogP contribution in [0, 0.1) is 0 Å². The van der Waals surface area contributed by atoms with Gasteiger partial charge in [-0.25, -0.2) is 5.01 Å². The van der Waals surface area contributed by atoms with Crippen molar-refractivity contribution in [3.63, 3.8) is 0 Å². The van der Waals surface area contributed by atoms with Crippen molar-refractivity contribution in [3.05, 3.63) is 21.8 Å². The summed E-state index contributed by atoms with van der Waals surface area (Å²) < 4.78 is 6.20. The van der Waals surface area contributed by atoms with Crippen molar-refractivity contribution in [2.75, 3.05) is 7.05 Å². The van der Waals surface area contributed by atoms with Gasteiger partial charge in [-0.1, -0.05) is 5.16 Å². The molecule has 0 aliphatic carbocycles. The normalized spacial score (nSPS) is 15.8. The third kappa shape index (κ3) is 2.45. The van der Waals surface area contributed by atoms with E-state index in [1.807, 2.05) is 11.4 Å². The van der Waals surface area contributed by atoms with Crippen LogP contribution in [0.1, 0.15) is 18.7 Å². The van der Waals surface area contributed by atoms with Gasteiger partial charge in [-0.2, -0.15) is 10.1 Å². The molecule has 3 heterocycles. The highest BCUT2D eigenvalue weighted by atomic mass is 79.9. The fourth-order valence-corrected chi connectivity index (χ4v) is 3.05. The minimum atomic E-state index is -0.00863. The Labute approximate surface area is 121 Å². The monoisotopic (exact) mass is 340 g/mol. The van der Waals surface area contributed by atoms with Crippen molar-refractivity contribution in [2.24, 2.45) is 5.10 Å². The zero-order chi connectivity index (χ0) is 13.4. The van der Waals surface area contributed by atoms with E-state index in [4.69, 9.17) is 4.52 Å². The second-order valence-electron chi connectivity index (χ2n) is 4.02. The van der Waals surface area contributed by atoms with Gasteiger partial charge < -0.3 is 4.52 Å². The number of halogens is 1. The maximum atomic E-state index is 11.3. The lowest BCUT2D eigenvalue weighted by atomic mass is 10.2. The number of rotatable bonds is 2. The van der Waals surface area contributed by atoms with Gasteiger partial charge in [0.1, 0.15) is 5.71 Å². The SMILES string of the molecule is CN1N=C(c2nc(-c3cc(Br)cs3)no2)CCC1=O. The maximum absolute atomic E-state index is 11.3. The molecule has 0 saturated heterocycles. The molecule has 0 N–H and O–H groups in total. The van der Waals surface area contributed by atoms with Gasteiger partial charge in [-0.15, -0.1) is 11.3 Å². The van der Waals surface area contributed by atoms with E-state index in [0.29, 0.717) is 30.3 Å². The number of nitrogens with zero attached hydrogens (tertiary/aromatic N) is 4. The topological polar surface area (TPSA) is 71.6 Å². The van der Waals surface area contributed by atoms with E-state index in [0.717, 1.165) is 9.35 Å². The van der Waals surface area contributed by atoms with Crippen molar-refractivity contribution in [2.45, 2.75) is 12.8 Å². The van der Waals surface area contributed by atoms with Gasteiger partial charge in [0.2, 0.25) is 11.7 Å². The quantitative estimate of drug-likeness (QED) is 0.841. The molecule has 0 unspecified atom stereocenters. The summed E-state index contributed by atoms with van der Waals surface area (Å²) in [5.74, 6) is 0.900. The number of hydrogen-bond donors (Lipinski definition) is 0. The zero-order valence-corrected chi connectivity index (χ0v) is 12.4. The molecule has 0 radical (unpaired) electrons. The zero-order valence-electron chi connectivity index (χ0n) is 9.96. The number of amides is 1. The molecule has 0 aromatic carbocycles. The third-order valence-electron chi connectivity index (χ3n) is 2.67. The highest BCUT2D eigenvalue weighted by molar-refractivity contribution is 9.10. The highest BCUT2D eigenvalue weighted by Crippen LogP contribution is 2.28. The predicted octanol–water partition coefficient (Wildman–Crippen LogP) is 2.52. The summed E-state index contributed by atoms with van der Waals surface area (Å²) in [6.07, 6.45) is 0.941. The van der Waals surface area contributed by atoms with Gasteiger partial charge in [-0.3, -0.25) is 4.79 Å². The van der Waals surface area contributed by atoms with E-state index >= 15 is 0 Å².